The number of carbonyl (C=O) groups excluding carboxylic acids is 1. The van der Waals surface area contributed by atoms with Crippen molar-refractivity contribution in [1.29, 1.82) is 0 Å². The van der Waals surface area contributed by atoms with Gasteiger partial charge >= 0.3 is 0 Å². The molecule has 0 aromatic carbocycles. The lowest BCUT2D eigenvalue weighted by Gasteiger charge is -2.42. The molecule has 132 valence electrons. The van der Waals surface area contributed by atoms with E-state index in [0.717, 1.165) is 69.6 Å². The zero-order valence-electron chi connectivity index (χ0n) is 15.0. The average Bonchev–Trinajstić information content (AvgIpc) is 3.07. The van der Waals surface area contributed by atoms with Crippen LogP contribution < -0.4 is 0 Å². The van der Waals surface area contributed by atoms with Crippen LogP contribution in [0, 0.1) is 18.3 Å². The number of likely N-dealkylation sites (tertiary alicyclic amines) is 2. The molecule has 0 radical (unpaired) electrons. The van der Waals surface area contributed by atoms with Crippen LogP contribution in [0.3, 0.4) is 0 Å². The normalized spacial score (nSPS) is 28.8. The van der Waals surface area contributed by atoms with Gasteiger partial charge in [0, 0.05) is 26.7 Å². The first kappa shape index (κ1) is 16.1. The smallest absolute Gasteiger partial charge is 0.230 e. The van der Waals surface area contributed by atoms with Gasteiger partial charge in [0.15, 0.2) is 0 Å². The van der Waals surface area contributed by atoms with Crippen molar-refractivity contribution in [3.63, 3.8) is 0 Å². The Labute approximate surface area is 144 Å². The third-order valence-corrected chi connectivity index (χ3v) is 6.51. The Kier molecular flexibility index (Phi) is 4.11. The molecule has 3 heterocycles. The van der Waals surface area contributed by atoms with E-state index in [1.54, 1.807) is 0 Å². The standard InChI is InChI=1S/C18H29N5O/c1-14-19-20-16(21(14)2)12-22-10-8-18(13-22)7-4-9-23(17(18)24)11-15-5-3-6-15/h15H,3-13H2,1-2H3/t18-/m1/s1. The number of rotatable bonds is 4. The monoisotopic (exact) mass is 331 g/mol. The zero-order valence-corrected chi connectivity index (χ0v) is 15.0. The number of nitrogens with zero attached hydrogens (tertiary/aromatic N) is 5. The Hall–Kier alpha value is -1.43. The van der Waals surface area contributed by atoms with E-state index < -0.39 is 0 Å². The summed E-state index contributed by atoms with van der Waals surface area (Å²) in [5, 5.41) is 8.43. The molecule has 3 fully saturated rings. The van der Waals surface area contributed by atoms with Crippen molar-refractivity contribution in [1.82, 2.24) is 24.6 Å². The van der Waals surface area contributed by atoms with Gasteiger partial charge < -0.3 is 9.47 Å². The number of amides is 1. The summed E-state index contributed by atoms with van der Waals surface area (Å²) < 4.78 is 2.05. The second-order valence-electron chi connectivity index (χ2n) is 8.12. The van der Waals surface area contributed by atoms with Crippen molar-refractivity contribution >= 4 is 5.91 Å². The second kappa shape index (κ2) is 6.14. The molecule has 1 saturated carbocycles. The van der Waals surface area contributed by atoms with Gasteiger partial charge in [0.1, 0.15) is 11.6 Å². The van der Waals surface area contributed by atoms with Gasteiger partial charge in [-0.2, -0.15) is 0 Å². The van der Waals surface area contributed by atoms with Crippen LogP contribution in [-0.4, -0.2) is 56.7 Å². The quantitative estimate of drug-likeness (QED) is 0.843. The van der Waals surface area contributed by atoms with E-state index in [1.165, 1.54) is 19.3 Å². The van der Waals surface area contributed by atoms with Crippen LogP contribution in [0.1, 0.15) is 50.2 Å². The summed E-state index contributed by atoms with van der Waals surface area (Å²) in [6.07, 6.45) is 7.20. The van der Waals surface area contributed by atoms with Crippen LogP contribution in [0.5, 0.6) is 0 Å². The molecule has 1 aromatic heterocycles. The minimum atomic E-state index is -0.129. The molecule has 0 bridgehead atoms. The molecule has 0 unspecified atom stereocenters. The molecule has 6 nitrogen and oxygen atoms in total. The van der Waals surface area contributed by atoms with Crippen molar-refractivity contribution in [3.05, 3.63) is 11.6 Å². The maximum Gasteiger partial charge on any atom is 0.230 e. The maximum atomic E-state index is 13.2. The first-order valence-electron chi connectivity index (χ1n) is 9.44. The Balaban J connectivity index is 1.41. The summed E-state index contributed by atoms with van der Waals surface area (Å²) in [5.41, 5.74) is -0.129. The number of hydrogen-bond acceptors (Lipinski definition) is 4. The lowest BCUT2D eigenvalue weighted by Crippen LogP contribution is -2.51. The number of carbonyl (C=O) groups is 1. The van der Waals surface area contributed by atoms with Crippen LogP contribution in [-0.2, 0) is 18.4 Å². The predicted octanol–water partition coefficient (Wildman–Crippen LogP) is 1.74. The van der Waals surface area contributed by atoms with Crippen LogP contribution in [0.4, 0.5) is 0 Å². The van der Waals surface area contributed by atoms with Gasteiger partial charge in [-0.15, -0.1) is 10.2 Å². The van der Waals surface area contributed by atoms with Crippen molar-refractivity contribution in [2.24, 2.45) is 18.4 Å². The lowest BCUT2D eigenvalue weighted by atomic mass is 9.77. The Bertz CT molecular complexity index is 623. The lowest BCUT2D eigenvalue weighted by molar-refractivity contribution is -0.146. The molecule has 6 heteroatoms. The van der Waals surface area contributed by atoms with E-state index in [9.17, 15) is 4.79 Å². The largest absolute Gasteiger partial charge is 0.342 e. The molecule has 1 spiro atoms. The summed E-state index contributed by atoms with van der Waals surface area (Å²) in [6.45, 7) is 6.64. The number of aryl methyl sites for hydroxylation is 1. The van der Waals surface area contributed by atoms with Gasteiger partial charge in [0.05, 0.1) is 12.0 Å². The minimum absolute atomic E-state index is 0.129. The van der Waals surface area contributed by atoms with Crippen LogP contribution in [0.15, 0.2) is 0 Å². The van der Waals surface area contributed by atoms with Crippen LogP contribution >= 0.6 is 0 Å². The van der Waals surface area contributed by atoms with E-state index in [2.05, 4.69) is 24.6 Å². The number of aromatic nitrogens is 3. The summed E-state index contributed by atoms with van der Waals surface area (Å²) in [4.78, 5) is 17.7. The van der Waals surface area contributed by atoms with E-state index >= 15 is 0 Å². The highest BCUT2D eigenvalue weighted by atomic mass is 16.2. The summed E-state index contributed by atoms with van der Waals surface area (Å²) >= 11 is 0. The fourth-order valence-electron chi connectivity index (χ4n) is 4.57. The Morgan fingerprint density at radius 1 is 1.17 bits per heavy atom. The molecule has 2 saturated heterocycles. The summed E-state index contributed by atoms with van der Waals surface area (Å²) in [7, 11) is 2.02. The molecule has 1 amide bonds. The Morgan fingerprint density at radius 2 is 2.00 bits per heavy atom. The molecular weight excluding hydrogens is 302 g/mol. The van der Waals surface area contributed by atoms with Gasteiger partial charge in [0.2, 0.25) is 5.91 Å². The van der Waals surface area contributed by atoms with Gasteiger partial charge in [-0.1, -0.05) is 6.42 Å². The average molecular weight is 331 g/mol. The molecule has 0 N–H and O–H groups in total. The summed E-state index contributed by atoms with van der Waals surface area (Å²) in [6, 6.07) is 0. The second-order valence-corrected chi connectivity index (χ2v) is 8.12. The number of piperidine rings is 1. The highest BCUT2D eigenvalue weighted by Gasteiger charge is 2.48. The van der Waals surface area contributed by atoms with E-state index in [1.807, 2.05) is 14.0 Å². The molecule has 24 heavy (non-hydrogen) atoms. The molecule has 4 rings (SSSR count). The first-order chi connectivity index (χ1) is 11.6. The number of hydrogen-bond donors (Lipinski definition) is 0. The third kappa shape index (κ3) is 2.75. The van der Waals surface area contributed by atoms with Crippen molar-refractivity contribution < 1.29 is 4.79 Å². The molecule has 2 aliphatic heterocycles. The van der Waals surface area contributed by atoms with E-state index in [0.29, 0.717) is 5.91 Å². The fourth-order valence-corrected chi connectivity index (χ4v) is 4.57. The Morgan fingerprint density at radius 3 is 2.67 bits per heavy atom. The van der Waals surface area contributed by atoms with Crippen molar-refractivity contribution in [2.75, 3.05) is 26.2 Å². The van der Waals surface area contributed by atoms with Gasteiger partial charge in [-0.05, 0) is 51.5 Å². The molecule has 1 aromatic rings. The third-order valence-electron chi connectivity index (χ3n) is 6.51. The van der Waals surface area contributed by atoms with Gasteiger partial charge in [-0.3, -0.25) is 9.69 Å². The molecule has 1 aliphatic carbocycles. The molecular formula is C18H29N5O. The zero-order chi connectivity index (χ0) is 16.7. The topological polar surface area (TPSA) is 54.3 Å². The van der Waals surface area contributed by atoms with E-state index in [4.69, 9.17) is 0 Å². The highest BCUT2D eigenvalue weighted by Crippen LogP contribution is 2.41. The minimum Gasteiger partial charge on any atom is -0.342 e. The van der Waals surface area contributed by atoms with Crippen molar-refractivity contribution in [2.45, 2.75) is 52.0 Å². The maximum absolute atomic E-state index is 13.2. The predicted molar refractivity (Wildman–Crippen MR) is 91.2 cm³/mol. The van der Waals surface area contributed by atoms with Gasteiger partial charge in [0.25, 0.3) is 0 Å². The SMILES string of the molecule is Cc1nnc(CN2CC[C@]3(CCCN(CC4CCC4)C3=O)C2)n1C. The first-order valence-corrected chi connectivity index (χ1v) is 9.44. The van der Waals surface area contributed by atoms with Crippen LogP contribution in [0.2, 0.25) is 0 Å². The van der Waals surface area contributed by atoms with Crippen molar-refractivity contribution in [3.8, 4) is 0 Å². The van der Waals surface area contributed by atoms with Crippen LogP contribution in [0.25, 0.3) is 0 Å². The van der Waals surface area contributed by atoms with Gasteiger partial charge in [-0.25, -0.2) is 0 Å². The van der Waals surface area contributed by atoms with E-state index in [-0.39, 0.29) is 5.41 Å². The summed E-state index contributed by atoms with van der Waals surface area (Å²) in [5.74, 6) is 3.14. The highest BCUT2D eigenvalue weighted by molar-refractivity contribution is 5.84. The molecule has 1 atom stereocenters. The molecule has 3 aliphatic rings. The fraction of sp³-hybridized carbons (Fsp3) is 0.833.